The van der Waals surface area contributed by atoms with Gasteiger partial charge in [0.1, 0.15) is 0 Å². The Labute approximate surface area is 115 Å². The lowest BCUT2D eigenvalue weighted by atomic mass is 9.90. The average Bonchev–Trinajstić information content (AvgIpc) is 2.33. The predicted octanol–water partition coefficient (Wildman–Crippen LogP) is 5.42. The van der Waals surface area contributed by atoms with E-state index in [9.17, 15) is 0 Å². The SMILES string of the molecule is ClC1=C(Sc2ccccc2)CC1CCCBr. The third-order valence-corrected chi connectivity index (χ3v) is 5.08. The van der Waals surface area contributed by atoms with Gasteiger partial charge in [0.05, 0.1) is 0 Å². The molecule has 1 aromatic rings. The molecule has 1 unspecified atom stereocenters. The number of thioether (sulfide) groups is 1. The third kappa shape index (κ3) is 3.06. The Morgan fingerprint density at radius 2 is 2.06 bits per heavy atom. The topological polar surface area (TPSA) is 0 Å². The lowest BCUT2D eigenvalue weighted by Gasteiger charge is -2.29. The number of halogens is 2. The van der Waals surface area contributed by atoms with E-state index < -0.39 is 0 Å². The van der Waals surface area contributed by atoms with Gasteiger partial charge in [0, 0.05) is 26.1 Å². The molecule has 0 nitrogen and oxygen atoms in total. The first-order valence-corrected chi connectivity index (χ1v) is 7.80. The van der Waals surface area contributed by atoms with Crippen molar-refractivity contribution in [1.82, 2.24) is 0 Å². The summed E-state index contributed by atoms with van der Waals surface area (Å²) in [7, 11) is 0. The molecular weight excluding hydrogens is 304 g/mol. The summed E-state index contributed by atoms with van der Waals surface area (Å²) in [4.78, 5) is 2.64. The molecule has 0 spiro atoms. The van der Waals surface area contributed by atoms with Crippen LogP contribution >= 0.6 is 39.3 Å². The fourth-order valence-electron chi connectivity index (χ4n) is 1.78. The molecule has 0 heterocycles. The second kappa shape index (κ2) is 6.13. The molecule has 1 aromatic carbocycles. The van der Waals surface area contributed by atoms with Crippen LogP contribution in [-0.4, -0.2) is 5.33 Å². The summed E-state index contributed by atoms with van der Waals surface area (Å²) in [6.45, 7) is 0. The first kappa shape index (κ1) is 12.5. The minimum atomic E-state index is 0.616. The minimum Gasteiger partial charge on any atom is -0.0933 e. The molecule has 0 radical (unpaired) electrons. The molecule has 0 fully saturated rings. The van der Waals surface area contributed by atoms with Crippen LogP contribution in [-0.2, 0) is 0 Å². The normalized spacial score (nSPS) is 19.8. The first-order valence-electron chi connectivity index (χ1n) is 5.48. The summed E-state index contributed by atoms with van der Waals surface area (Å²) in [6.07, 6.45) is 3.58. The molecule has 0 saturated carbocycles. The van der Waals surface area contributed by atoms with Crippen LogP contribution in [0.25, 0.3) is 0 Å². The predicted molar refractivity (Wildman–Crippen MR) is 76.3 cm³/mol. The third-order valence-electron chi connectivity index (χ3n) is 2.73. The lowest BCUT2D eigenvalue weighted by molar-refractivity contribution is 0.532. The van der Waals surface area contributed by atoms with Gasteiger partial charge in [-0.3, -0.25) is 0 Å². The van der Waals surface area contributed by atoms with Gasteiger partial charge in [0.25, 0.3) is 0 Å². The molecule has 16 heavy (non-hydrogen) atoms. The van der Waals surface area contributed by atoms with Crippen molar-refractivity contribution in [2.45, 2.75) is 24.2 Å². The zero-order valence-corrected chi connectivity index (χ0v) is 12.1. The highest BCUT2D eigenvalue weighted by atomic mass is 79.9. The van der Waals surface area contributed by atoms with E-state index in [2.05, 4.69) is 40.2 Å². The van der Waals surface area contributed by atoms with Gasteiger partial charge in [-0.25, -0.2) is 0 Å². The first-order chi connectivity index (χ1) is 7.81. The van der Waals surface area contributed by atoms with Crippen LogP contribution in [0.3, 0.4) is 0 Å². The van der Waals surface area contributed by atoms with Gasteiger partial charge in [0.2, 0.25) is 0 Å². The van der Waals surface area contributed by atoms with Gasteiger partial charge >= 0.3 is 0 Å². The maximum absolute atomic E-state index is 6.31. The second-order valence-electron chi connectivity index (χ2n) is 3.92. The Morgan fingerprint density at radius 3 is 2.69 bits per heavy atom. The van der Waals surface area contributed by atoms with Gasteiger partial charge in [-0.15, -0.1) is 0 Å². The van der Waals surface area contributed by atoms with E-state index >= 15 is 0 Å². The van der Waals surface area contributed by atoms with Crippen molar-refractivity contribution < 1.29 is 0 Å². The smallest absolute Gasteiger partial charge is 0.0314 e. The van der Waals surface area contributed by atoms with E-state index in [1.54, 1.807) is 0 Å². The second-order valence-corrected chi connectivity index (χ2v) is 6.29. The number of hydrogen-bond donors (Lipinski definition) is 0. The van der Waals surface area contributed by atoms with Crippen molar-refractivity contribution in [3.8, 4) is 0 Å². The Hall–Kier alpha value is 0.0800. The largest absolute Gasteiger partial charge is 0.0933 e. The lowest BCUT2D eigenvalue weighted by Crippen LogP contribution is -2.13. The van der Waals surface area contributed by atoms with Gasteiger partial charge in [-0.2, -0.15) is 0 Å². The van der Waals surface area contributed by atoms with Gasteiger partial charge < -0.3 is 0 Å². The molecular formula is C13H14BrClS. The molecule has 0 amide bonds. The zero-order chi connectivity index (χ0) is 11.4. The van der Waals surface area contributed by atoms with Crippen molar-refractivity contribution in [3.63, 3.8) is 0 Å². The van der Waals surface area contributed by atoms with Crippen LogP contribution < -0.4 is 0 Å². The Balaban J connectivity index is 1.91. The highest BCUT2D eigenvalue weighted by Crippen LogP contribution is 2.48. The molecule has 1 aliphatic carbocycles. The van der Waals surface area contributed by atoms with E-state index in [0.717, 1.165) is 16.8 Å². The van der Waals surface area contributed by atoms with Crippen molar-refractivity contribution in [2.75, 3.05) is 5.33 Å². The highest BCUT2D eigenvalue weighted by molar-refractivity contribution is 9.09. The monoisotopic (exact) mass is 316 g/mol. The van der Waals surface area contributed by atoms with Crippen LogP contribution in [0.2, 0.25) is 0 Å². The molecule has 86 valence electrons. The van der Waals surface area contributed by atoms with E-state index in [1.807, 2.05) is 17.8 Å². The van der Waals surface area contributed by atoms with Crippen molar-refractivity contribution >= 4 is 39.3 Å². The van der Waals surface area contributed by atoms with Crippen LogP contribution in [0.15, 0.2) is 45.2 Å². The number of rotatable bonds is 5. The van der Waals surface area contributed by atoms with E-state index in [1.165, 1.54) is 22.6 Å². The van der Waals surface area contributed by atoms with Crippen LogP contribution in [0.5, 0.6) is 0 Å². The van der Waals surface area contributed by atoms with E-state index in [0.29, 0.717) is 5.92 Å². The van der Waals surface area contributed by atoms with Crippen LogP contribution in [0, 0.1) is 5.92 Å². The molecule has 3 heteroatoms. The quantitative estimate of drug-likeness (QED) is 0.653. The summed E-state index contributed by atoms with van der Waals surface area (Å²) in [5, 5.41) is 2.17. The van der Waals surface area contributed by atoms with Crippen molar-refractivity contribution in [2.24, 2.45) is 5.92 Å². The molecule has 0 bridgehead atoms. The molecule has 1 aliphatic rings. The summed E-state index contributed by atoms with van der Waals surface area (Å²) in [5.41, 5.74) is 0. The van der Waals surface area contributed by atoms with Gasteiger partial charge in [-0.05, 0) is 31.4 Å². The Bertz CT molecular complexity index is 375. The standard InChI is InChI=1S/C13H14BrClS/c14-8-4-5-10-9-12(13(10)15)16-11-6-2-1-3-7-11/h1-3,6-7,10H,4-5,8-9H2. The summed E-state index contributed by atoms with van der Waals surface area (Å²) >= 11 is 11.6. The number of benzene rings is 1. The minimum absolute atomic E-state index is 0.616. The number of alkyl halides is 1. The van der Waals surface area contributed by atoms with E-state index in [-0.39, 0.29) is 0 Å². The summed E-state index contributed by atoms with van der Waals surface area (Å²) in [5.74, 6) is 0.616. The summed E-state index contributed by atoms with van der Waals surface area (Å²) < 4.78 is 0. The molecule has 0 aliphatic heterocycles. The molecule has 0 N–H and O–H groups in total. The zero-order valence-electron chi connectivity index (χ0n) is 8.96. The molecule has 2 rings (SSSR count). The van der Waals surface area contributed by atoms with Gasteiger partial charge in [-0.1, -0.05) is 57.5 Å². The van der Waals surface area contributed by atoms with Crippen molar-refractivity contribution in [1.29, 1.82) is 0 Å². The number of hydrogen-bond acceptors (Lipinski definition) is 1. The van der Waals surface area contributed by atoms with Gasteiger partial charge in [0.15, 0.2) is 0 Å². The van der Waals surface area contributed by atoms with Crippen LogP contribution in [0.1, 0.15) is 19.3 Å². The number of allylic oxidation sites excluding steroid dienone is 2. The fourth-order valence-corrected chi connectivity index (χ4v) is 3.61. The Morgan fingerprint density at radius 1 is 1.31 bits per heavy atom. The van der Waals surface area contributed by atoms with Crippen LogP contribution in [0.4, 0.5) is 0 Å². The molecule has 0 aromatic heterocycles. The fraction of sp³-hybridized carbons (Fsp3) is 0.385. The maximum Gasteiger partial charge on any atom is 0.0314 e. The Kier molecular flexibility index (Phi) is 4.80. The van der Waals surface area contributed by atoms with Crippen molar-refractivity contribution in [3.05, 3.63) is 40.3 Å². The molecule has 0 saturated heterocycles. The summed E-state index contributed by atoms with van der Waals surface area (Å²) in [6, 6.07) is 10.4. The van der Waals surface area contributed by atoms with E-state index in [4.69, 9.17) is 11.6 Å². The highest BCUT2D eigenvalue weighted by Gasteiger charge is 2.28. The average molecular weight is 318 g/mol. The maximum atomic E-state index is 6.31. The molecule has 1 atom stereocenters.